The van der Waals surface area contributed by atoms with Crippen molar-refractivity contribution in [2.75, 3.05) is 0 Å². The van der Waals surface area contributed by atoms with Crippen molar-refractivity contribution in [3.63, 3.8) is 0 Å². The number of alkyl halides is 3. The van der Waals surface area contributed by atoms with Gasteiger partial charge in [-0.25, -0.2) is 13.1 Å². The average Bonchev–Trinajstić information content (AvgIpc) is 2.05. The van der Waals surface area contributed by atoms with Gasteiger partial charge in [-0.2, -0.15) is 13.2 Å². The number of halogens is 3. The highest BCUT2D eigenvalue weighted by molar-refractivity contribution is 7.90. The molecule has 4 rings (SSSR count). The molecule has 4 bridgehead atoms. The molecule has 0 aliphatic heterocycles. The lowest BCUT2D eigenvalue weighted by molar-refractivity contribution is -0.113. The van der Waals surface area contributed by atoms with Crippen LogP contribution in [0, 0.1) is 16.7 Å². The van der Waals surface area contributed by atoms with Gasteiger partial charge in [-0.05, 0) is 55.3 Å². The zero-order valence-electron chi connectivity index (χ0n) is 11.7. The van der Waals surface area contributed by atoms with Crippen LogP contribution in [0.1, 0.15) is 52.4 Å². The van der Waals surface area contributed by atoms with Gasteiger partial charge in [-0.15, -0.1) is 0 Å². The van der Waals surface area contributed by atoms with Crippen LogP contribution in [0.15, 0.2) is 0 Å². The first-order chi connectivity index (χ1) is 8.86. The van der Waals surface area contributed by atoms with Crippen molar-refractivity contribution in [3.05, 3.63) is 0 Å². The molecular weight excluding hydrogens is 291 g/mol. The number of sulfonamides is 1. The summed E-state index contributed by atoms with van der Waals surface area (Å²) in [7, 11) is -5.26. The Kier molecular flexibility index (Phi) is 2.72. The number of hydrogen-bond acceptors (Lipinski definition) is 2. The van der Waals surface area contributed by atoms with Crippen LogP contribution in [-0.2, 0) is 10.0 Å². The summed E-state index contributed by atoms with van der Waals surface area (Å²) in [6.45, 7) is 4.18. The van der Waals surface area contributed by atoms with Gasteiger partial charge in [-0.1, -0.05) is 13.8 Å². The Morgan fingerprint density at radius 2 is 1.50 bits per heavy atom. The molecule has 0 spiro atoms. The lowest BCUT2D eigenvalue weighted by atomic mass is 9.43. The Morgan fingerprint density at radius 3 is 1.90 bits per heavy atom. The lowest BCUT2D eigenvalue weighted by Crippen LogP contribution is -2.66. The highest BCUT2D eigenvalue weighted by Crippen LogP contribution is 2.66. The van der Waals surface area contributed by atoms with Crippen molar-refractivity contribution in [1.29, 1.82) is 0 Å². The van der Waals surface area contributed by atoms with Gasteiger partial charge in [0, 0.05) is 5.54 Å². The molecule has 4 saturated carbocycles. The summed E-state index contributed by atoms with van der Waals surface area (Å²) < 4.78 is 63.0. The van der Waals surface area contributed by atoms with Gasteiger partial charge in [0.05, 0.1) is 0 Å². The zero-order chi connectivity index (χ0) is 15.0. The fourth-order valence-corrected chi connectivity index (χ4v) is 6.82. The summed E-state index contributed by atoms with van der Waals surface area (Å²) in [6, 6.07) is 0. The molecule has 4 aliphatic carbocycles. The van der Waals surface area contributed by atoms with Crippen LogP contribution < -0.4 is 4.72 Å². The normalized spacial score (nSPS) is 47.8. The summed E-state index contributed by atoms with van der Waals surface area (Å²) >= 11 is 0. The molecule has 0 aromatic rings. The van der Waals surface area contributed by atoms with E-state index >= 15 is 0 Å². The maximum atomic E-state index is 12.7. The first kappa shape index (κ1) is 14.6. The quantitative estimate of drug-likeness (QED) is 0.851. The van der Waals surface area contributed by atoms with Gasteiger partial charge in [-0.3, -0.25) is 0 Å². The van der Waals surface area contributed by atoms with E-state index in [0.717, 1.165) is 19.3 Å². The van der Waals surface area contributed by atoms with E-state index in [-0.39, 0.29) is 10.8 Å². The van der Waals surface area contributed by atoms with E-state index in [9.17, 15) is 21.6 Å². The van der Waals surface area contributed by atoms with Crippen LogP contribution in [0.2, 0.25) is 0 Å². The van der Waals surface area contributed by atoms with Crippen LogP contribution in [0.5, 0.6) is 0 Å². The molecule has 20 heavy (non-hydrogen) atoms. The molecule has 4 aliphatic rings. The minimum Gasteiger partial charge on any atom is -0.203 e. The van der Waals surface area contributed by atoms with E-state index in [1.54, 1.807) is 0 Å². The van der Waals surface area contributed by atoms with Crippen LogP contribution in [0.4, 0.5) is 13.2 Å². The average molecular weight is 311 g/mol. The fraction of sp³-hybridized carbons (Fsp3) is 1.00. The Hall–Kier alpha value is -0.300. The molecule has 0 aromatic heterocycles. The fourth-order valence-electron chi connectivity index (χ4n) is 5.90. The second-order valence-corrected chi connectivity index (χ2v) is 9.64. The number of hydrogen-bond donors (Lipinski definition) is 1. The maximum Gasteiger partial charge on any atom is 0.511 e. The molecule has 116 valence electrons. The second-order valence-electron chi connectivity index (χ2n) is 7.96. The number of rotatable bonds is 2. The molecule has 0 saturated heterocycles. The summed E-state index contributed by atoms with van der Waals surface area (Å²) in [6.07, 6.45) is 4.62. The highest BCUT2D eigenvalue weighted by Gasteiger charge is 2.62. The maximum absolute atomic E-state index is 12.7. The van der Waals surface area contributed by atoms with Crippen LogP contribution in [0.25, 0.3) is 0 Å². The second kappa shape index (κ2) is 3.72. The van der Waals surface area contributed by atoms with Crippen LogP contribution in [0.3, 0.4) is 0 Å². The van der Waals surface area contributed by atoms with E-state index in [2.05, 4.69) is 13.8 Å². The van der Waals surface area contributed by atoms with E-state index in [4.69, 9.17) is 0 Å². The molecule has 0 radical (unpaired) electrons. The van der Waals surface area contributed by atoms with Crippen molar-refractivity contribution in [1.82, 2.24) is 4.72 Å². The Bertz CT molecular complexity index is 524. The van der Waals surface area contributed by atoms with Crippen LogP contribution in [-0.4, -0.2) is 19.5 Å². The largest absolute Gasteiger partial charge is 0.511 e. The van der Waals surface area contributed by atoms with E-state index in [1.807, 2.05) is 4.72 Å². The van der Waals surface area contributed by atoms with Gasteiger partial charge < -0.3 is 0 Å². The molecule has 0 aromatic carbocycles. The Balaban J connectivity index is 1.94. The number of nitrogens with one attached hydrogen (secondary N) is 1. The van der Waals surface area contributed by atoms with Crippen molar-refractivity contribution >= 4 is 10.0 Å². The molecule has 2 unspecified atom stereocenters. The van der Waals surface area contributed by atoms with E-state index < -0.39 is 21.1 Å². The molecular formula is C13H20F3NO2S. The third kappa shape index (κ3) is 2.17. The standard InChI is InChI=1S/C13H20F3NO2S/c1-10-3-9-4-11(2,6-10)8-12(5-9,7-10)17-20(18,19)13(14,15)16/h9,17H,3-8H2,1-2H3. The molecule has 0 amide bonds. The monoisotopic (exact) mass is 311 g/mol. The molecule has 1 N–H and O–H groups in total. The molecule has 3 nitrogen and oxygen atoms in total. The van der Waals surface area contributed by atoms with Gasteiger partial charge >= 0.3 is 15.5 Å². The van der Waals surface area contributed by atoms with Crippen molar-refractivity contribution in [3.8, 4) is 0 Å². The lowest BCUT2D eigenvalue weighted by Gasteiger charge is -2.65. The molecule has 2 atom stereocenters. The van der Waals surface area contributed by atoms with Gasteiger partial charge in [0.2, 0.25) is 0 Å². The SMILES string of the molecule is CC12CC3CC(C)(C1)CC(NS(=O)(=O)C(F)(F)F)(C3)C2. The molecule has 0 heterocycles. The van der Waals surface area contributed by atoms with Crippen molar-refractivity contribution in [2.45, 2.75) is 63.4 Å². The third-order valence-corrected chi connectivity index (χ3v) is 6.59. The molecule has 7 heteroatoms. The predicted molar refractivity (Wildman–Crippen MR) is 68.2 cm³/mol. The van der Waals surface area contributed by atoms with E-state index in [0.29, 0.717) is 25.2 Å². The first-order valence-corrected chi connectivity index (χ1v) is 8.45. The summed E-state index contributed by atoms with van der Waals surface area (Å²) in [4.78, 5) is 0. The zero-order valence-corrected chi connectivity index (χ0v) is 12.5. The Labute approximate surface area is 117 Å². The summed E-state index contributed by atoms with van der Waals surface area (Å²) in [5.74, 6) is 0.345. The Morgan fingerprint density at radius 1 is 1.00 bits per heavy atom. The third-order valence-electron chi connectivity index (χ3n) is 5.28. The minimum absolute atomic E-state index is 0.0255. The van der Waals surface area contributed by atoms with Crippen LogP contribution >= 0.6 is 0 Å². The first-order valence-electron chi connectivity index (χ1n) is 6.97. The minimum atomic E-state index is -5.26. The predicted octanol–water partition coefficient (Wildman–Crippen LogP) is 3.17. The van der Waals surface area contributed by atoms with Gasteiger partial charge in [0.25, 0.3) is 0 Å². The van der Waals surface area contributed by atoms with E-state index in [1.165, 1.54) is 0 Å². The summed E-state index contributed by atoms with van der Waals surface area (Å²) in [5, 5.41) is 0. The smallest absolute Gasteiger partial charge is 0.203 e. The highest BCUT2D eigenvalue weighted by atomic mass is 32.2. The molecule has 4 fully saturated rings. The van der Waals surface area contributed by atoms with Gasteiger partial charge in [0.1, 0.15) is 0 Å². The van der Waals surface area contributed by atoms with Gasteiger partial charge in [0.15, 0.2) is 0 Å². The summed E-state index contributed by atoms with van der Waals surface area (Å²) in [5.41, 5.74) is -6.17. The van der Waals surface area contributed by atoms with Crippen molar-refractivity contribution < 1.29 is 21.6 Å². The van der Waals surface area contributed by atoms with Crippen molar-refractivity contribution in [2.24, 2.45) is 16.7 Å². The topological polar surface area (TPSA) is 46.2 Å².